The van der Waals surface area contributed by atoms with Crippen molar-refractivity contribution in [3.05, 3.63) is 33.9 Å². The Hall–Kier alpha value is -1.29. The SMILES string of the molecule is O=[N+]([O-])c1ccc(N(CC2CC2)C2CC2)c(CCl)c1. The van der Waals surface area contributed by atoms with Crippen LogP contribution in [0, 0.1) is 16.0 Å². The average molecular weight is 281 g/mol. The fourth-order valence-corrected chi connectivity index (χ4v) is 2.70. The fraction of sp³-hybridized carbons (Fsp3) is 0.571. The molecule has 0 spiro atoms. The van der Waals surface area contributed by atoms with Crippen molar-refractivity contribution in [2.24, 2.45) is 5.92 Å². The zero-order valence-corrected chi connectivity index (χ0v) is 11.5. The maximum Gasteiger partial charge on any atom is 0.269 e. The van der Waals surface area contributed by atoms with Crippen molar-refractivity contribution in [3.8, 4) is 0 Å². The number of halogens is 1. The molecule has 0 aliphatic heterocycles. The number of non-ortho nitro benzene ring substituents is 1. The van der Waals surface area contributed by atoms with Crippen molar-refractivity contribution >= 4 is 23.0 Å². The molecule has 0 N–H and O–H groups in total. The van der Waals surface area contributed by atoms with Crippen LogP contribution in [0.2, 0.25) is 0 Å². The third kappa shape index (κ3) is 2.84. The van der Waals surface area contributed by atoms with E-state index < -0.39 is 0 Å². The van der Waals surface area contributed by atoms with E-state index in [1.54, 1.807) is 12.1 Å². The lowest BCUT2D eigenvalue weighted by Crippen LogP contribution is -2.28. The molecule has 5 heteroatoms. The molecule has 2 aliphatic rings. The predicted molar refractivity (Wildman–Crippen MR) is 75.7 cm³/mol. The molecule has 0 aromatic heterocycles. The van der Waals surface area contributed by atoms with Crippen LogP contribution in [-0.2, 0) is 5.88 Å². The molecule has 1 aromatic rings. The lowest BCUT2D eigenvalue weighted by Gasteiger charge is -2.26. The van der Waals surface area contributed by atoms with Gasteiger partial charge in [-0.3, -0.25) is 10.1 Å². The minimum atomic E-state index is -0.359. The van der Waals surface area contributed by atoms with Gasteiger partial charge in [-0.15, -0.1) is 11.6 Å². The van der Waals surface area contributed by atoms with Crippen LogP contribution in [0.1, 0.15) is 31.2 Å². The lowest BCUT2D eigenvalue weighted by molar-refractivity contribution is -0.384. The third-order valence-corrected chi connectivity index (χ3v) is 4.15. The molecule has 2 saturated carbocycles. The van der Waals surface area contributed by atoms with Crippen LogP contribution in [0.4, 0.5) is 11.4 Å². The molecular weight excluding hydrogens is 264 g/mol. The molecule has 0 radical (unpaired) electrons. The number of alkyl halides is 1. The van der Waals surface area contributed by atoms with E-state index in [1.807, 2.05) is 6.07 Å². The molecule has 0 atom stereocenters. The van der Waals surface area contributed by atoms with Gasteiger partial charge in [0.1, 0.15) is 0 Å². The third-order valence-electron chi connectivity index (χ3n) is 3.87. The average Bonchev–Trinajstić information content (AvgIpc) is 3.27. The first kappa shape index (κ1) is 12.7. The first-order valence-corrected chi connectivity index (χ1v) is 7.32. The maximum absolute atomic E-state index is 10.8. The summed E-state index contributed by atoms with van der Waals surface area (Å²) >= 11 is 5.98. The summed E-state index contributed by atoms with van der Waals surface area (Å²) in [4.78, 5) is 12.9. The summed E-state index contributed by atoms with van der Waals surface area (Å²) in [6.45, 7) is 1.08. The van der Waals surface area contributed by atoms with E-state index >= 15 is 0 Å². The molecule has 0 unspecified atom stereocenters. The Morgan fingerprint density at radius 1 is 1.32 bits per heavy atom. The van der Waals surface area contributed by atoms with Crippen LogP contribution in [-0.4, -0.2) is 17.5 Å². The summed E-state index contributed by atoms with van der Waals surface area (Å²) in [6, 6.07) is 5.69. The van der Waals surface area contributed by atoms with Crippen LogP contribution < -0.4 is 4.90 Å². The zero-order valence-electron chi connectivity index (χ0n) is 10.7. The second-order valence-electron chi connectivity index (χ2n) is 5.53. The molecule has 1 aromatic carbocycles. The van der Waals surface area contributed by atoms with Crippen molar-refractivity contribution in [2.45, 2.75) is 37.6 Å². The van der Waals surface area contributed by atoms with Gasteiger partial charge in [0, 0.05) is 36.3 Å². The Kier molecular flexibility index (Phi) is 3.35. The number of nitrogens with zero attached hydrogens (tertiary/aromatic N) is 2. The van der Waals surface area contributed by atoms with E-state index in [0.29, 0.717) is 11.9 Å². The van der Waals surface area contributed by atoms with Crippen LogP contribution in [0.3, 0.4) is 0 Å². The Morgan fingerprint density at radius 3 is 2.58 bits per heavy atom. The van der Waals surface area contributed by atoms with Gasteiger partial charge in [0.05, 0.1) is 4.92 Å². The number of hydrogen-bond acceptors (Lipinski definition) is 3. The van der Waals surface area contributed by atoms with Gasteiger partial charge in [-0.2, -0.15) is 0 Å². The van der Waals surface area contributed by atoms with Crippen LogP contribution >= 0.6 is 11.6 Å². The topological polar surface area (TPSA) is 46.4 Å². The van der Waals surface area contributed by atoms with Gasteiger partial charge in [-0.25, -0.2) is 0 Å². The van der Waals surface area contributed by atoms with Gasteiger partial charge >= 0.3 is 0 Å². The van der Waals surface area contributed by atoms with E-state index in [4.69, 9.17) is 11.6 Å². The van der Waals surface area contributed by atoms with E-state index in [1.165, 1.54) is 25.7 Å². The quantitative estimate of drug-likeness (QED) is 0.453. The highest BCUT2D eigenvalue weighted by molar-refractivity contribution is 6.17. The molecule has 3 rings (SSSR count). The number of benzene rings is 1. The zero-order chi connectivity index (χ0) is 13.4. The first-order chi connectivity index (χ1) is 9.19. The maximum atomic E-state index is 10.8. The summed E-state index contributed by atoms with van der Waals surface area (Å²) in [5.74, 6) is 1.13. The molecule has 2 aliphatic carbocycles. The lowest BCUT2D eigenvalue weighted by atomic mass is 10.1. The van der Waals surface area contributed by atoms with E-state index in [2.05, 4.69) is 4.90 Å². The highest BCUT2D eigenvalue weighted by atomic mass is 35.5. The van der Waals surface area contributed by atoms with Gasteiger partial charge < -0.3 is 4.90 Å². The monoisotopic (exact) mass is 280 g/mol. The normalized spacial score (nSPS) is 18.4. The summed E-state index contributed by atoms with van der Waals surface area (Å²) in [5, 5.41) is 10.8. The second-order valence-corrected chi connectivity index (χ2v) is 5.80. The highest BCUT2D eigenvalue weighted by Gasteiger charge is 2.34. The van der Waals surface area contributed by atoms with Crippen molar-refractivity contribution in [3.63, 3.8) is 0 Å². The molecule has 2 fully saturated rings. The van der Waals surface area contributed by atoms with Gasteiger partial charge in [0.2, 0.25) is 0 Å². The molecule has 4 nitrogen and oxygen atoms in total. The number of anilines is 1. The Bertz CT molecular complexity index is 498. The smallest absolute Gasteiger partial charge is 0.269 e. The second kappa shape index (κ2) is 5.00. The van der Waals surface area contributed by atoms with Crippen LogP contribution in [0.25, 0.3) is 0 Å². The molecule has 0 heterocycles. The Balaban J connectivity index is 1.89. The van der Waals surface area contributed by atoms with Gasteiger partial charge in [-0.05, 0) is 43.2 Å². The number of nitro benzene ring substituents is 1. The van der Waals surface area contributed by atoms with Crippen LogP contribution in [0.15, 0.2) is 18.2 Å². The fourth-order valence-electron chi connectivity index (χ4n) is 2.48. The predicted octanol–water partition coefficient (Wildman–Crippen LogP) is 3.71. The Morgan fingerprint density at radius 2 is 2.05 bits per heavy atom. The van der Waals surface area contributed by atoms with Crippen LogP contribution in [0.5, 0.6) is 0 Å². The molecule has 19 heavy (non-hydrogen) atoms. The molecular formula is C14H17ClN2O2. The summed E-state index contributed by atoms with van der Waals surface area (Å²) < 4.78 is 0. The highest BCUT2D eigenvalue weighted by Crippen LogP contribution is 2.39. The minimum absolute atomic E-state index is 0.126. The molecule has 102 valence electrons. The van der Waals surface area contributed by atoms with Crippen molar-refractivity contribution in [2.75, 3.05) is 11.4 Å². The summed E-state index contributed by atoms with van der Waals surface area (Å²) in [5.41, 5.74) is 2.10. The van der Waals surface area contributed by atoms with E-state index in [-0.39, 0.29) is 10.6 Å². The molecule has 0 bridgehead atoms. The standard InChI is InChI=1S/C14H17ClN2O2/c15-8-11-7-13(17(18)19)5-6-14(11)16(12-3-4-12)9-10-1-2-10/h5-7,10,12H,1-4,8-9H2. The molecule has 0 amide bonds. The van der Waals surface area contributed by atoms with Crippen molar-refractivity contribution < 1.29 is 4.92 Å². The largest absolute Gasteiger partial charge is 0.368 e. The van der Waals surface area contributed by atoms with Gasteiger partial charge in [0.15, 0.2) is 0 Å². The molecule has 0 saturated heterocycles. The Labute approximate surface area is 117 Å². The number of rotatable bonds is 6. The van der Waals surface area contributed by atoms with Crippen molar-refractivity contribution in [1.29, 1.82) is 0 Å². The number of hydrogen-bond donors (Lipinski definition) is 0. The summed E-state index contributed by atoms with van der Waals surface area (Å²) in [6.07, 6.45) is 5.08. The minimum Gasteiger partial charge on any atom is -0.368 e. The number of nitro groups is 1. The first-order valence-electron chi connectivity index (χ1n) is 6.79. The van der Waals surface area contributed by atoms with Gasteiger partial charge in [0.25, 0.3) is 5.69 Å². The van der Waals surface area contributed by atoms with E-state index in [0.717, 1.165) is 23.7 Å². The van der Waals surface area contributed by atoms with Gasteiger partial charge in [-0.1, -0.05) is 0 Å². The van der Waals surface area contributed by atoms with E-state index in [9.17, 15) is 10.1 Å². The summed E-state index contributed by atoms with van der Waals surface area (Å²) in [7, 11) is 0. The van der Waals surface area contributed by atoms with Crippen molar-refractivity contribution in [1.82, 2.24) is 0 Å².